The SMILES string of the molecule is CCCC(CNC(C)(C)C)Oc1ccc(Br)c(C)c1. The zero-order valence-corrected chi connectivity index (χ0v) is 14.3. The Morgan fingerprint density at radius 3 is 2.53 bits per heavy atom. The van der Waals surface area contributed by atoms with E-state index in [9.17, 15) is 0 Å². The second-order valence-electron chi connectivity index (χ2n) is 6.07. The van der Waals surface area contributed by atoms with Gasteiger partial charge in [0.1, 0.15) is 11.9 Å². The van der Waals surface area contributed by atoms with Gasteiger partial charge in [-0.25, -0.2) is 0 Å². The molecule has 0 aliphatic rings. The van der Waals surface area contributed by atoms with Gasteiger partial charge >= 0.3 is 0 Å². The summed E-state index contributed by atoms with van der Waals surface area (Å²) in [6.07, 6.45) is 2.43. The van der Waals surface area contributed by atoms with Crippen molar-refractivity contribution in [1.29, 1.82) is 0 Å². The largest absolute Gasteiger partial charge is 0.489 e. The first kappa shape index (κ1) is 16.5. The minimum absolute atomic E-state index is 0.130. The molecule has 1 N–H and O–H groups in total. The summed E-state index contributed by atoms with van der Waals surface area (Å²) < 4.78 is 7.23. The predicted molar refractivity (Wildman–Crippen MR) is 86.0 cm³/mol. The van der Waals surface area contributed by atoms with Gasteiger partial charge in [0.15, 0.2) is 0 Å². The molecule has 0 aliphatic carbocycles. The van der Waals surface area contributed by atoms with Crippen molar-refractivity contribution in [2.24, 2.45) is 0 Å². The number of hydrogen-bond donors (Lipinski definition) is 1. The van der Waals surface area contributed by atoms with Gasteiger partial charge in [-0.2, -0.15) is 0 Å². The van der Waals surface area contributed by atoms with Crippen LogP contribution in [0.4, 0.5) is 0 Å². The quantitative estimate of drug-likeness (QED) is 0.818. The summed E-state index contributed by atoms with van der Waals surface area (Å²) in [6.45, 7) is 11.7. The van der Waals surface area contributed by atoms with Gasteiger partial charge in [-0.3, -0.25) is 0 Å². The zero-order chi connectivity index (χ0) is 14.5. The monoisotopic (exact) mass is 327 g/mol. The molecule has 1 unspecified atom stereocenters. The second kappa shape index (κ2) is 7.30. The Bertz CT molecular complexity index is 398. The van der Waals surface area contributed by atoms with Gasteiger partial charge in [-0.05, 0) is 57.9 Å². The number of benzene rings is 1. The van der Waals surface area contributed by atoms with Crippen molar-refractivity contribution in [3.05, 3.63) is 28.2 Å². The Hall–Kier alpha value is -0.540. The molecular weight excluding hydrogens is 302 g/mol. The van der Waals surface area contributed by atoms with Crippen LogP contribution in [0, 0.1) is 6.92 Å². The van der Waals surface area contributed by atoms with Crippen LogP contribution in [-0.4, -0.2) is 18.2 Å². The van der Waals surface area contributed by atoms with E-state index in [-0.39, 0.29) is 11.6 Å². The maximum absolute atomic E-state index is 6.10. The third-order valence-electron chi connectivity index (χ3n) is 2.90. The molecule has 0 aliphatic heterocycles. The first-order chi connectivity index (χ1) is 8.81. The van der Waals surface area contributed by atoms with Crippen LogP contribution in [0.2, 0.25) is 0 Å². The first-order valence-corrected chi connectivity index (χ1v) is 7.79. The molecular formula is C16H26BrNO. The molecule has 108 valence electrons. The standard InChI is InChI=1S/C16H26BrNO/c1-6-7-14(11-18-16(3,4)5)19-13-8-9-15(17)12(2)10-13/h8-10,14,18H,6-7,11H2,1-5H3. The Labute approximate surface area is 126 Å². The fourth-order valence-corrected chi connectivity index (χ4v) is 2.07. The predicted octanol–water partition coefficient (Wildman–Crippen LogP) is 4.69. The van der Waals surface area contributed by atoms with Crippen LogP contribution in [0.25, 0.3) is 0 Å². The van der Waals surface area contributed by atoms with Gasteiger partial charge in [-0.1, -0.05) is 29.3 Å². The van der Waals surface area contributed by atoms with Crippen molar-refractivity contribution >= 4 is 15.9 Å². The molecule has 0 saturated carbocycles. The highest BCUT2D eigenvalue weighted by Gasteiger charge is 2.15. The lowest BCUT2D eigenvalue weighted by Crippen LogP contribution is -2.42. The molecule has 0 bridgehead atoms. The van der Waals surface area contributed by atoms with Crippen LogP contribution in [-0.2, 0) is 0 Å². The van der Waals surface area contributed by atoms with Crippen LogP contribution in [0.15, 0.2) is 22.7 Å². The van der Waals surface area contributed by atoms with Gasteiger partial charge in [0.25, 0.3) is 0 Å². The van der Waals surface area contributed by atoms with Crippen molar-refractivity contribution < 1.29 is 4.74 Å². The molecule has 0 fully saturated rings. The normalized spacial score (nSPS) is 13.4. The summed E-state index contributed by atoms with van der Waals surface area (Å²) in [5.41, 5.74) is 1.34. The van der Waals surface area contributed by atoms with Crippen LogP contribution in [0.5, 0.6) is 5.75 Å². The highest BCUT2D eigenvalue weighted by molar-refractivity contribution is 9.10. The van der Waals surface area contributed by atoms with E-state index in [1.54, 1.807) is 0 Å². The fourth-order valence-electron chi connectivity index (χ4n) is 1.83. The number of rotatable bonds is 6. The Morgan fingerprint density at radius 1 is 1.32 bits per heavy atom. The van der Waals surface area contributed by atoms with Crippen LogP contribution >= 0.6 is 15.9 Å². The maximum atomic E-state index is 6.10. The molecule has 1 aromatic rings. The molecule has 1 rings (SSSR count). The van der Waals surface area contributed by atoms with Crippen molar-refractivity contribution in [3.8, 4) is 5.75 Å². The van der Waals surface area contributed by atoms with Crippen molar-refractivity contribution in [1.82, 2.24) is 5.32 Å². The van der Waals surface area contributed by atoms with E-state index < -0.39 is 0 Å². The minimum Gasteiger partial charge on any atom is -0.489 e. The number of aryl methyl sites for hydroxylation is 1. The number of hydrogen-bond acceptors (Lipinski definition) is 2. The van der Waals surface area contributed by atoms with Gasteiger partial charge in [0.2, 0.25) is 0 Å². The van der Waals surface area contributed by atoms with Gasteiger partial charge in [-0.15, -0.1) is 0 Å². The highest BCUT2D eigenvalue weighted by Crippen LogP contribution is 2.23. The Balaban J connectivity index is 2.64. The molecule has 0 radical (unpaired) electrons. The molecule has 0 saturated heterocycles. The molecule has 1 aromatic carbocycles. The third-order valence-corrected chi connectivity index (χ3v) is 3.79. The summed E-state index contributed by atoms with van der Waals surface area (Å²) >= 11 is 3.52. The fraction of sp³-hybridized carbons (Fsp3) is 0.625. The topological polar surface area (TPSA) is 21.3 Å². The highest BCUT2D eigenvalue weighted by atomic mass is 79.9. The minimum atomic E-state index is 0.130. The van der Waals surface area contributed by atoms with Gasteiger partial charge in [0.05, 0.1) is 0 Å². The lowest BCUT2D eigenvalue weighted by Gasteiger charge is -2.26. The lowest BCUT2D eigenvalue weighted by atomic mass is 10.1. The molecule has 0 spiro atoms. The number of nitrogens with one attached hydrogen (secondary N) is 1. The summed E-state index contributed by atoms with van der Waals surface area (Å²) in [5.74, 6) is 0.954. The van der Waals surface area contributed by atoms with Crippen LogP contribution < -0.4 is 10.1 Å². The van der Waals surface area contributed by atoms with E-state index in [0.717, 1.165) is 29.6 Å². The number of ether oxygens (including phenoxy) is 1. The molecule has 0 heterocycles. The average molecular weight is 328 g/mol. The zero-order valence-electron chi connectivity index (χ0n) is 12.7. The maximum Gasteiger partial charge on any atom is 0.120 e. The Morgan fingerprint density at radius 2 is 2.00 bits per heavy atom. The molecule has 0 amide bonds. The third kappa shape index (κ3) is 6.44. The summed E-state index contributed by atoms with van der Waals surface area (Å²) in [6, 6.07) is 6.16. The summed E-state index contributed by atoms with van der Waals surface area (Å²) in [4.78, 5) is 0. The molecule has 19 heavy (non-hydrogen) atoms. The number of halogens is 1. The van der Waals surface area contributed by atoms with Crippen LogP contribution in [0.3, 0.4) is 0 Å². The lowest BCUT2D eigenvalue weighted by molar-refractivity contribution is 0.175. The van der Waals surface area contributed by atoms with Gasteiger partial charge in [0, 0.05) is 16.6 Å². The summed E-state index contributed by atoms with van der Waals surface area (Å²) in [7, 11) is 0. The summed E-state index contributed by atoms with van der Waals surface area (Å²) in [5, 5.41) is 3.52. The van der Waals surface area contributed by atoms with E-state index in [0.29, 0.717) is 0 Å². The Kier molecular flexibility index (Phi) is 6.34. The average Bonchev–Trinajstić information content (AvgIpc) is 2.30. The molecule has 2 nitrogen and oxygen atoms in total. The second-order valence-corrected chi connectivity index (χ2v) is 6.92. The first-order valence-electron chi connectivity index (χ1n) is 6.99. The van der Waals surface area contributed by atoms with E-state index in [1.165, 1.54) is 5.56 Å². The van der Waals surface area contributed by atoms with E-state index in [1.807, 2.05) is 12.1 Å². The van der Waals surface area contributed by atoms with Crippen LogP contribution in [0.1, 0.15) is 46.1 Å². The van der Waals surface area contributed by atoms with Crippen molar-refractivity contribution in [3.63, 3.8) is 0 Å². The van der Waals surface area contributed by atoms with E-state index >= 15 is 0 Å². The van der Waals surface area contributed by atoms with Crippen molar-refractivity contribution in [2.45, 2.75) is 59.1 Å². The molecule has 3 heteroatoms. The molecule has 1 atom stereocenters. The van der Waals surface area contributed by atoms with E-state index in [2.05, 4.69) is 61.9 Å². The molecule has 0 aromatic heterocycles. The van der Waals surface area contributed by atoms with Crippen molar-refractivity contribution in [2.75, 3.05) is 6.54 Å². The van der Waals surface area contributed by atoms with Gasteiger partial charge < -0.3 is 10.1 Å². The van der Waals surface area contributed by atoms with E-state index in [4.69, 9.17) is 4.74 Å². The smallest absolute Gasteiger partial charge is 0.120 e.